The van der Waals surface area contributed by atoms with E-state index in [0.29, 0.717) is 24.5 Å². The minimum atomic E-state index is -0.247. The Morgan fingerprint density at radius 2 is 1.80 bits per heavy atom. The summed E-state index contributed by atoms with van der Waals surface area (Å²) >= 11 is 0. The van der Waals surface area contributed by atoms with Gasteiger partial charge in [-0.1, -0.05) is 32.9 Å². The molecule has 3 rings (SSSR count). The van der Waals surface area contributed by atoms with Crippen molar-refractivity contribution in [2.75, 3.05) is 11.9 Å². The second kappa shape index (κ2) is 10.2. The molecule has 0 bridgehead atoms. The number of halogens is 1. The third kappa shape index (κ3) is 6.03. The van der Waals surface area contributed by atoms with Crippen LogP contribution in [0.25, 0.3) is 0 Å². The van der Waals surface area contributed by atoms with Crippen molar-refractivity contribution < 1.29 is 9.50 Å². The second-order valence-electron chi connectivity index (χ2n) is 7.87. The van der Waals surface area contributed by atoms with Gasteiger partial charge in [-0.3, -0.25) is 9.97 Å². The predicted octanol–water partition coefficient (Wildman–Crippen LogP) is 3.77. The number of aromatic nitrogens is 4. The lowest BCUT2D eigenvalue weighted by Gasteiger charge is -2.21. The molecule has 0 fully saturated rings. The summed E-state index contributed by atoms with van der Waals surface area (Å²) in [6, 6.07) is 8.32. The number of hydrogen-bond acceptors (Lipinski definition) is 6. The van der Waals surface area contributed by atoms with Crippen molar-refractivity contribution in [3.05, 3.63) is 77.5 Å². The first-order chi connectivity index (χ1) is 14.4. The van der Waals surface area contributed by atoms with Gasteiger partial charge in [0.15, 0.2) is 0 Å². The monoisotopic (exact) mass is 409 g/mol. The standard InChI is InChI=1S/C23H28FN5O/c1-15(2)21(14-30)28-23-12-19(11-20-13-25-8-9-26-20)27-22(29-23)10-16(3)17-4-6-18(24)7-5-17/h4-9,12-13,15-16,21,30H,10-11,14H2,1-3H3,(H,27,28,29)/t16-,21-/m1/s1. The third-order valence-electron chi connectivity index (χ3n) is 5.07. The minimum absolute atomic E-state index is 0.0163. The van der Waals surface area contributed by atoms with E-state index in [1.54, 1.807) is 30.7 Å². The van der Waals surface area contributed by atoms with Crippen molar-refractivity contribution in [1.82, 2.24) is 19.9 Å². The molecular formula is C23H28FN5O. The summed E-state index contributed by atoms with van der Waals surface area (Å²) in [4.78, 5) is 17.9. The highest BCUT2D eigenvalue weighted by atomic mass is 19.1. The zero-order valence-corrected chi connectivity index (χ0v) is 17.6. The summed E-state index contributed by atoms with van der Waals surface area (Å²) in [7, 11) is 0. The van der Waals surface area contributed by atoms with Crippen molar-refractivity contribution in [3.63, 3.8) is 0 Å². The van der Waals surface area contributed by atoms with Gasteiger partial charge in [0.1, 0.15) is 17.5 Å². The number of nitrogens with zero attached hydrogens (tertiary/aromatic N) is 4. The first-order valence-corrected chi connectivity index (χ1v) is 10.2. The maximum atomic E-state index is 13.2. The van der Waals surface area contributed by atoms with Crippen molar-refractivity contribution in [1.29, 1.82) is 0 Å². The third-order valence-corrected chi connectivity index (χ3v) is 5.07. The summed E-state index contributed by atoms with van der Waals surface area (Å²) < 4.78 is 13.2. The maximum absolute atomic E-state index is 13.2. The molecule has 7 heteroatoms. The molecule has 30 heavy (non-hydrogen) atoms. The van der Waals surface area contributed by atoms with E-state index in [9.17, 15) is 9.50 Å². The van der Waals surface area contributed by atoms with Crippen LogP contribution in [0.15, 0.2) is 48.9 Å². The van der Waals surface area contributed by atoms with Crippen LogP contribution in [-0.2, 0) is 12.8 Å². The molecule has 0 aliphatic rings. The zero-order chi connectivity index (χ0) is 21.5. The van der Waals surface area contributed by atoms with Gasteiger partial charge in [-0.2, -0.15) is 0 Å². The van der Waals surface area contributed by atoms with Gasteiger partial charge in [0.05, 0.1) is 24.0 Å². The highest BCUT2D eigenvalue weighted by Gasteiger charge is 2.16. The van der Waals surface area contributed by atoms with Gasteiger partial charge in [0, 0.05) is 37.5 Å². The lowest BCUT2D eigenvalue weighted by Crippen LogP contribution is -2.30. The van der Waals surface area contributed by atoms with Gasteiger partial charge in [0.2, 0.25) is 0 Å². The molecule has 0 unspecified atom stereocenters. The molecule has 0 radical (unpaired) electrons. The molecule has 0 aliphatic carbocycles. The Morgan fingerprint density at radius 1 is 1.03 bits per heavy atom. The fraction of sp³-hybridized carbons (Fsp3) is 0.391. The molecule has 1 aromatic carbocycles. The van der Waals surface area contributed by atoms with Crippen molar-refractivity contribution in [2.24, 2.45) is 5.92 Å². The molecule has 0 saturated heterocycles. The number of aliphatic hydroxyl groups is 1. The molecule has 3 aromatic rings. The van der Waals surface area contributed by atoms with Crippen LogP contribution in [0.1, 0.15) is 49.5 Å². The van der Waals surface area contributed by atoms with E-state index in [4.69, 9.17) is 4.98 Å². The highest BCUT2D eigenvalue weighted by Crippen LogP contribution is 2.21. The summed E-state index contributed by atoms with van der Waals surface area (Å²) in [6.45, 7) is 6.19. The zero-order valence-electron chi connectivity index (χ0n) is 17.6. The van der Waals surface area contributed by atoms with Crippen LogP contribution in [0.2, 0.25) is 0 Å². The molecule has 0 saturated carbocycles. The Morgan fingerprint density at radius 3 is 2.43 bits per heavy atom. The van der Waals surface area contributed by atoms with Crippen LogP contribution in [0.3, 0.4) is 0 Å². The predicted molar refractivity (Wildman–Crippen MR) is 115 cm³/mol. The molecule has 0 amide bonds. The van der Waals surface area contributed by atoms with Crippen LogP contribution in [0.5, 0.6) is 0 Å². The summed E-state index contributed by atoms with van der Waals surface area (Å²) in [6.07, 6.45) is 6.17. The van der Waals surface area contributed by atoms with E-state index >= 15 is 0 Å². The van der Waals surface area contributed by atoms with E-state index in [2.05, 4.69) is 27.2 Å². The fourth-order valence-corrected chi connectivity index (χ4v) is 3.21. The number of nitrogens with one attached hydrogen (secondary N) is 1. The van der Waals surface area contributed by atoms with Crippen molar-refractivity contribution in [3.8, 4) is 0 Å². The van der Waals surface area contributed by atoms with Crippen molar-refractivity contribution in [2.45, 2.75) is 45.6 Å². The number of benzene rings is 1. The number of aliphatic hydroxyl groups excluding tert-OH is 1. The van der Waals surface area contributed by atoms with Crippen LogP contribution >= 0.6 is 0 Å². The van der Waals surface area contributed by atoms with Gasteiger partial charge in [-0.25, -0.2) is 14.4 Å². The molecule has 0 aliphatic heterocycles. The van der Waals surface area contributed by atoms with Gasteiger partial charge in [0.25, 0.3) is 0 Å². The topological polar surface area (TPSA) is 83.8 Å². The van der Waals surface area contributed by atoms with E-state index in [0.717, 1.165) is 17.0 Å². The van der Waals surface area contributed by atoms with Crippen molar-refractivity contribution >= 4 is 5.82 Å². The Balaban J connectivity index is 1.86. The number of anilines is 1. The maximum Gasteiger partial charge on any atom is 0.131 e. The van der Waals surface area contributed by atoms with Gasteiger partial charge < -0.3 is 10.4 Å². The molecule has 6 nitrogen and oxygen atoms in total. The largest absolute Gasteiger partial charge is 0.394 e. The second-order valence-corrected chi connectivity index (χ2v) is 7.87. The Hall–Kier alpha value is -2.93. The average molecular weight is 410 g/mol. The van der Waals surface area contributed by atoms with Crippen LogP contribution < -0.4 is 5.32 Å². The van der Waals surface area contributed by atoms with Gasteiger partial charge in [-0.05, 0) is 29.5 Å². The van der Waals surface area contributed by atoms with Crippen LogP contribution in [-0.4, -0.2) is 37.7 Å². The molecular weight excluding hydrogens is 381 g/mol. The first kappa shape index (κ1) is 21.8. The van der Waals surface area contributed by atoms with Gasteiger partial charge >= 0.3 is 0 Å². The first-order valence-electron chi connectivity index (χ1n) is 10.2. The molecule has 2 N–H and O–H groups in total. The molecule has 158 valence electrons. The fourth-order valence-electron chi connectivity index (χ4n) is 3.21. The summed E-state index contributed by atoms with van der Waals surface area (Å²) in [5.41, 5.74) is 2.68. The van der Waals surface area contributed by atoms with E-state index in [1.807, 2.05) is 19.9 Å². The van der Waals surface area contributed by atoms with E-state index < -0.39 is 0 Å². The quantitative estimate of drug-likeness (QED) is 0.560. The SMILES string of the molecule is CC(C)[C@@H](CO)Nc1cc(Cc2cnccn2)nc(C[C@@H](C)c2ccc(F)cc2)n1. The number of rotatable bonds is 9. The minimum Gasteiger partial charge on any atom is -0.394 e. The Kier molecular flexibility index (Phi) is 7.41. The lowest BCUT2D eigenvalue weighted by atomic mass is 9.97. The normalized spacial score (nSPS) is 13.3. The number of hydrogen-bond donors (Lipinski definition) is 2. The van der Waals surface area contributed by atoms with Crippen LogP contribution in [0, 0.1) is 11.7 Å². The highest BCUT2D eigenvalue weighted by molar-refractivity contribution is 5.39. The summed E-state index contributed by atoms with van der Waals surface area (Å²) in [5.74, 6) is 1.50. The Labute approximate surface area is 176 Å². The molecule has 0 spiro atoms. The molecule has 2 heterocycles. The molecule has 2 aromatic heterocycles. The van der Waals surface area contributed by atoms with E-state index in [-0.39, 0.29) is 30.3 Å². The lowest BCUT2D eigenvalue weighted by molar-refractivity contribution is 0.249. The molecule has 2 atom stereocenters. The smallest absolute Gasteiger partial charge is 0.131 e. The summed E-state index contributed by atoms with van der Waals surface area (Å²) in [5, 5.41) is 13.0. The van der Waals surface area contributed by atoms with E-state index in [1.165, 1.54) is 12.1 Å². The Bertz CT molecular complexity index is 934. The average Bonchev–Trinajstić information content (AvgIpc) is 2.73. The van der Waals surface area contributed by atoms with Crippen LogP contribution in [0.4, 0.5) is 10.2 Å². The van der Waals surface area contributed by atoms with Gasteiger partial charge in [-0.15, -0.1) is 0 Å².